The maximum absolute atomic E-state index is 2.59. The van der Waals surface area contributed by atoms with E-state index in [4.69, 9.17) is 0 Å². The molecule has 2 aliphatic rings. The predicted molar refractivity (Wildman–Crippen MR) is 116 cm³/mol. The molecule has 0 atom stereocenters. The summed E-state index contributed by atoms with van der Waals surface area (Å²) in [6, 6.07) is 19.8. The lowest BCUT2D eigenvalue weighted by atomic mass is 9.77. The molecule has 0 radical (unpaired) electrons. The summed E-state index contributed by atoms with van der Waals surface area (Å²) in [6.07, 6.45) is 0. The van der Waals surface area contributed by atoms with Gasteiger partial charge in [-0.1, -0.05) is 61.4 Å². The third-order valence-electron chi connectivity index (χ3n) is 6.17. The van der Waals surface area contributed by atoms with Gasteiger partial charge in [-0.25, -0.2) is 0 Å². The molecule has 27 heavy (non-hydrogen) atoms. The topological polar surface area (TPSA) is 13.0 Å². The standard InChI is InChI=1S/C21H30B2N4/c1-23-24(2)12-15-27(23)18-21-11-7-6-10-20(21)17-26-14-13-25(22-26)16-19-8-4-3-5-9-19/h3-11,22H,12-18H2,1-2H3. The Bertz CT molecular complexity index is 742. The van der Waals surface area contributed by atoms with Gasteiger partial charge in [0, 0.05) is 45.8 Å². The molecule has 0 aromatic heterocycles. The summed E-state index contributed by atoms with van der Waals surface area (Å²) in [6.45, 7) is 10.7. The van der Waals surface area contributed by atoms with E-state index in [0.717, 1.165) is 40.3 Å². The molecule has 0 unspecified atom stereocenters. The summed E-state index contributed by atoms with van der Waals surface area (Å²) >= 11 is 0. The first-order valence-corrected chi connectivity index (χ1v) is 10.2. The van der Waals surface area contributed by atoms with Crippen LogP contribution >= 0.6 is 0 Å². The van der Waals surface area contributed by atoms with E-state index in [1.807, 2.05) is 0 Å². The number of nitrogens with zero attached hydrogens (tertiary/aromatic N) is 4. The van der Waals surface area contributed by atoms with Crippen molar-refractivity contribution < 1.29 is 0 Å². The van der Waals surface area contributed by atoms with Crippen LogP contribution in [-0.2, 0) is 19.6 Å². The van der Waals surface area contributed by atoms with Crippen molar-refractivity contribution in [3.05, 3.63) is 71.3 Å². The van der Waals surface area contributed by atoms with E-state index in [2.05, 4.69) is 87.7 Å². The van der Waals surface area contributed by atoms with Gasteiger partial charge in [0.15, 0.2) is 0 Å². The minimum atomic E-state index is 0.534. The maximum Gasteiger partial charge on any atom is 0.307 e. The molecule has 0 bridgehead atoms. The fourth-order valence-corrected chi connectivity index (χ4v) is 4.28. The van der Waals surface area contributed by atoms with Crippen LogP contribution in [0.25, 0.3) is 0 Å². The zero-order valence-electron chi connectivity index (χ0n) is 16.7. The zero-order chi connectivity index (χ0) is 18.6. The summed E-state index contributed by atoms with van der Waals surface area (Å²) < 4.78 is 0. The van der Waals surface area contributed by atoms with E-state index in [-0.39, 0.29) is 0 Å². The van der Waals surface area contributed by atoms with Gasteiger partial charge in [0.05, 0.1) is 0 Å². The molecule has 2 heterocycles. The second-order valence-corrected chi connectivity index (χ2v) is 8.08. The largest absolute Gasteiger partial charge is 0.330 e. The molecule has 6 heteroatoms. The van der Waals surface area contributed by atoms with Gasteiger partial charge < -0.3 is 19.2 Å². The Morgan fingerprint density at radius 2 is 1.41 bits per heavy atom. The quantitative estimate of drug-likeness (QED) is 0.732. The molecule has 2 fully saturated rings. The number of hydrogen-bond donors (Lipinski definition) is 0. The molecular weight excluding hydrogens is 330 g/mol. The van der Waals surface area contributed by atoms with Gasteiger partial charge in [-0.15, -0.1) is 0 Å². The fourth-order valence-electron chi connectivity index (χ4n) is 4.28. The van der Waals surface area contributed by atoms with Crippen molar-refractivity contribution in [3.8, 4) is 0 Å². The molecule has 2 aliphatic heterocycles. The van der Waals surface area contributed by atoms with Crippen molar-refractivity contribution in [2.45, 2.75) is 26.5 Å². The van der Waals surface area contributed by atoms with Crippen molar-refractivity contribution in [1.29, 1.82) is 0 Å². The molecule has 2 saturated heterocycles. The van der Waals surface area contributed by atoms with Gasteiger partial charge in [0.2, 0.25) is 0 Å². The molecular formula is C21H30B2N4. The summed E-state index contributed by atoms with van der Waals surface area (Å²) in [5.41, 5.74) is 4.38. The Balaban J connectivity index is 1.36. The van der Waals surface area contributed by atoms with Crippen molar-refractivity contribution >= 4 is 14.5 Å². The van der Waals surface area contributed by atoms with Crippen molar-refractivity contribution in [1.82, 2.24) is 19.2 Å². The van der Waals surface area contributed by atoms with Crippen molar-refractivity contribution in [3.63, 3.8) is 0 Å². The molecule has 0 N–H and O–H groups in total. The van der Waals surface area contributed by atoms with Gasteiger partial charge in [-0.3, -0.25) is 0 Å². The van der Waals surface area contributed by atoms with Gasteiger partial charge in [0.1, 0.15) is 0 Å². The highest BCUT2D eigenvalue weighted by atomic mass is 15.3. The highest BCUT2D eigenvalue weighted by Gasteiger charge is 2.30. The summed E-state index contributed by atoms with van der Waals surface area (Å²) in [7, 11) is 3.29. The average Bonchev–Trinajstić information content (AvgIpc) is 3.25. The average molecular weight is 360 g/mol. The maximum atomic E-state index is 2.59. The SMILES string of the molecule is CB1N(C)CCN1Cc1ccccc1CN1BN(Cc2ccccc2)CC1. The minimum absolute atomic E-state index is 0.534. The fraction of sp³-hybridized carbons (Fsp3) is 0.429. The van der Waals surface area contributed by atoms with Crippen LogP contribution in [0.2, 0.25) is 6.82 Å². The molecule has 0 saturated carbocycles. The number of rotatable bonds is 6. The molecule has 4 nitrogen and oxygen atoms in total. The normalized spacial score (nSPS) is 19.7. The summed E-state index contributed by atoms with van der Waals surface area (Å²) in [5, 5.41) is 0. The lowest BCUT2D eigenvalue weighted by molar-refractivity contribution is 0.446. The first kappa shape index (κ1) is 18.8. The zero-order valence-corrected chi connectivity index (χ0v) is 16.7. The minimum Gasteiger partial charge on any atom is -0.330 e. The van der Waals surface area contributed by atoms with Gasteiger partial charge in [-0.2, -0.15) is 0 Å². The molecule has 0 spiro atoms. The van der Waals surface area contributed by atoms with Gasteiger partial charge in [-0.05, 0) is 23.7 Å². The van der Waals surface area contributed by atoms with E-state index in [9.17, 15) is 0 Å². The van der Waals surface area contributed by atoms with Crippen LogP contribution in [0.4, 0.5) is 0 Å². The third kappa shape index (κ3) is 4.64. The van der Waals surface area contributed by atoms with Crippen LogP contribution in [0.3, 0.4) is 0 Å². The van der Waals surface area contributed by atoms with Crippen molar-refractivity contribution in [2.24, 2.45) is 0 Å². The van der Waals surface area contributed by atoms with Crippen LogP contribution in [0.1, 0.15) is 16.7 Å². The van der Waals surface area contributed by atoms with E-state index < -0.39 is 0 Å². The van der Waals surface area contributed by atoms with E-state index in [0.29, 0.717) is 6.98 Å². The molecule has 2 aromatic carbocycles. The van der Waals surface area contributed by atoms with Gasteiger partial charge >= 0.3 is 6.98 Å². The Kier molecular flexibility index (Phi) is 5.98. The van der Waals surface area contributed by atoms with Crippen LogP contribution in [0, 0.1) is 0 Å². The number of benzene rings is 2. The Morgan fingerprint density at radius 1 is 0.778 bits per heavy atom. The predicted octanol–water partition coefficient (Wildman–Crippen LogP) is 2.14. The highest BCUT2D eigenvalue weighted by molar-refractivity contribution is 6.51. The van der Waals surface area contributed by atoms with Gasteiger partial charge in [0.25, 0.3) is 7.55 Å². The first-order valence-electron chi connectivity index (χ1n) is 10.2. The molecule has 140 valence electrons. The Labute approximate surface area is 165 Å². The van der Waals surface area contributed by atoms with E-state index in [1.165, 1.54) is 29.8 Å². The monoisotopic (exact) mass is 360 g/mol. The summed E-state index contributed by atoms with van der Waals surface area (Å²) in [4.78, 5) is 10.2. The van der Waals surface area contributed by atoms with E-state index >= 15 is 0 Å². The smallest absolute Gasteiger partial charge is 0.307 e. The van der Waals surface area contributed by atoms with Crippen LogP contribution in [0.5, 0.6) is 0 Å². The number of hydrogen-bond acceptors (Lipinski definition) is 4. The van der Waals surface area contributed by atoms with Crippen LogP contribution in [0.15, 0.2) is 54.6 Å². The second kappa shape index (κ2) is 8.61. The number of likely N-dealkylation sites (N-methyl/N-ethyl adjacent to an activating group) is 1. The lowest BCUT2D eigenvalue weighted by Crippen LogP contribution is -2.38. The highest BCUT2D eigenvalue weighted by Crippen LogP contribution is 2.19. The first-order chi connectivity index (χ1) is 13.2. The lowest BCUT2D eigenvalue weighted by Gasteiger charge is -2.24. The van der Waals surface area contributed by atoms with Crippen LogP contribution < -0.4 is 0 Å². The second-order valence-electron chi connectivity index (χ2n) is 8.08. The third-order valence-corrected chi connectivity index (χ3v) is 6.17. The Hall–Kier alpha value is -1.59. The molecule has 2 aromatic rings. The molecule has 0 amide bonds. The van der Waals surface area contributed by atoms with Crippen LogP contribution in [-0.4, -0.2) is 67.0 Å². The van der Waals surface area contributed by atoms with E-state index in [1.54, 1.807) is 0 Å². The Morgan fingerprint density at radius 3 is 2.07 bits per heavy atom. The molecule has 4 rings (SSSR count). The van der Waals surface area contributed by atoms with Crippen molar-refractivity contribution in [2.75, 3.05) is 33.2 Å². The molecule has 0 aliphatic carbocycles. The summed E-state index contributed by atoms with van der Waals surface area (Å²) in [5.74, 6) is 0.